The van der Waals surface area contributed by atoms with Gasteiger partial charge in [0.15, 0.2) is 0 Å². The molecule has 17 heavy (non-hydrogen) atoms. The standard InChI is InChI=1S/C13H20N2O2/c1-17-12-5-6-13(11(9-12)10-14-16)15-7-3-2-4-8-15/h5-6,9,14,16H,2-4,7-8,10H2,1H3. The Bertz CT molecular complexity index is 362. The van der Waals surface area contributed by atoms with Crippen LogP contribution in [0.3, 0.4) is 0 Å². The number of methoxy groups -OCH3 is 1. The van der Waals surface area contributed by atoms with Crippen LogP contribution in [0, 0.1) is 0 Å². The van der Waals surface area contributed by atoms with Crippen molar-refractivity contribution >= 4 is 5.69 Å². The highest BCUT2D eigenvalue weighted by Gasteiger charge is 2.14. The fourth-order valence-corrected chi connectivity index (χ4v) is 2.36. The second kappa shape index (κ2) is 5.89. The molecule has 0 unspecified atom stereocenters. The summed E-state index contributed by atoms with van der Waals surface area (Å²) in [6.07, 6.45) is 3.82. The smallest absolute Gasteiger partial charge is 0.119 e. The minimum absolute atomic E-state index is 0.447. The van der Waals surface area contributed by atoms with E-state index in [1.165, 1.54) is 24.9 Å². The van der Waals surface area contributed by atoms with E-state index in [2.05, 4.69) is 16.4 Å². The topological polar surface area (TPSA) is 44.7 Å². The Kier molecular flexibility index (Phi) is 4.23. The third kappa shape index (κ3) is 2.90. The van der Waals surface area contributed by atoms with Gasteiger partial charge in [-0.05, 0) is 43.0 Å². The number of rotatable bonds is 4. The third-order valence-corrected chi connectivity index (χ3v) is 3.25. The van der Waals surface area contributed by atoms with E-state index < -0.39 is 0 Å². The molecule has 0 bridgehead atoms. The number of ether oxygens (including phenoxy) is 1. The van der Waals surface area contributed by atoms with Crippen LogP contribution in [-0.2, 0) is 6.54 Å². The molecular formula is C13H20N2O2. The highest BCUT2D eigenvalue weighted by atomic mass is 16.5. The summed E-state index contributed by atoms with van der Waals surface area (Å²) in [5, 5.41) is 8.90. The summed E-state index contributed by atoms with van der Waals surface area (Å²) in [7, 11) is 1.66. The van der Waals surface area contributed by atoms with E-state index in [0.29, 0.717) is 6.54 Å². The van der Waals surface area contributed by atoms with Gasteiger partial charge in [-0.25, -0.2) is 5.48 Å². The van der Waals surface area contributed by atoms with Crippen LogP contribution in [0.1, 0.15) is 24.8 Å². The first kappa shape index (κ1) is 12.2. The number of hydrogen-bond donors (Lipinski definition) is 2. The van der Waals surface area contributed by atoms with Gasteiger partial charge in [0, 0.05) is 25.3 Å². The van der Waals surface area contributed by atoms with Crippen molar-refractivity contribution in [2.45, 2.75) is 25.8 Å². The molecule has 0 spiro atoms. The number of benzene rings is 1. The Morgan fingerprint density at radius 3 is 2.71 bits per heavy atom. The van der Waals surface area contributed by atoms with Crippen LogP contribution in [0.2, 0.25) is 0 Å². The SMILES string of the molecule is COc1ccc(N2CCCCC2)c(CNO)c1. The molecule has 1 aromatic carbocycles. The number of hydroxylamine groups is 1. The van der Waals surface area contributed by atoms with Crippen molar-refractivity contribution in [2.24, 2.45) is 0 Å². The maximum absolute atomic E-state index is 8.90. The first-order valence-corrected chi connectivity index (χ1v) is 6.14. The quantitative estimate of drug-likeness (QED) is 0.786. The summed E-state index contributed by atoms with van der Waals surface area (Å²) in [5.41, 5.74) is 4.51. The Morgan fingerprint density at radius 2 is 2.06 bits per heavy atom. The predicted octanol–water partition coefficient (Wildman–Crippen LogP) is 2.16. The molecule has 0 amide bonds. The van der Waals surface area contributed by atoms with Gasteiger partial charge in [-0.2, -0.15) is 0 Å². The molecule has 1 saturated heterocycles. The fraction of sp³-hybridized carbons (Fsp3) is 0.538. The van der Waals surface area contributed by atoms with E-state index in [9.17, 15) is 0 Å². The molecule has 0 saturated carbocycles. The van der Waals surface area contributed by atoms with Crippen LogP contribution in [0.15, 0.2) is 18.2 Å². The minimum atomic E-state index is 0.447. The van der Waals surface area contributed by atoms with Crippen LogP contribution >= 0.6 is 0 Å². The maximum Gasteiger partial charge on any atom is 0.119 e. The molecule has 1 aliphatic rings. The second-order valence-electron chi connectivity index (χ2n) is 4.38. The molecule has 2 N–H and O–H groups in total. The van der Waals surface area contributed by atoms with Gasteiger partial charge in [0.2, 0.25) is 0 Å². The van der Waals surface area contributed by atoms with E-state index >= 15 is 0 Å². The molecule has 94 valence electrons. The zero-order valence-electron chi connectivity index (χ0n) is 10.3. The number of nitrogens with one attached hydrogen (secondary N) is 1. The molecule has 0 aliphatic carbocycles. The zero-order valence-corrected chi connectivity index (χ0v) is 10.3. The van der Waals surface area contributed by atoms with Crippen LogP contribution in [-0.4, -0.2) is 25.4 Å². The summed E-state index contributed by atoms with van der Waals surface area (Å²) in [6.45, 7) is 2.65. The lowest BCUT2D eigenvalue weighted by Crippen LogP contribution is -2.30. The third-order valence-electron chi connectivity index (χ3n) is 3.25. The van der Waals surface area contributed by atoms with Crippen molar-refractivity contribution in [2.75, 3.05) is 25.1 Å². The van der Waals surface area contributed by atoms with Gasteiger partial charge in [-0.1, -0.05) is 0 Å². The van der Waals surface area contributed by atoms with Crippen LogP contribution < -0.4 is 15.1 Å². The normalized spacial score (nSPS) is 16.0. The predicted molar refractivity (Wildman–Crippen MR) is 67.7 cm³/mol. The molecule has 0 aromatic heterocycles. The van der Waals surface area contributed by atoms with Crippen molar-refractivity contribution in [1.82, 2.24) is 5.48 Å². The monoisotopic (exact) mass is 236 g/mol. The highest BCUT2D eigenvalue weighted by Crippen LogP contribution is 2.27. The largest absolute Gasteiger partial charge is 0.497 e. The van der Waals surface area contributed by atoms with Gasteiger partial charge in [-0.3, -0.25) is 0 Å². The maximum atomic E-state index is 8.90. The average molecular weight is 236 g/mol. The Hall–Kier alpha value is -1.26. The molecule has 1 aliphatic heterocycles. The van der Waals surface area contributed by atoms with Crippen LogP contribution in [0.25, 0.3) is 0 Å². The molecule has 4 heteroatoms. The summed E-state index contributed by atoms with van der Waals surface area (Å²) in [5.74, 6) is 0.830. The van der Waals surface area contributed by atoms with E-state index in [1.807, 2.05) is 12.1 Å². The first-order valence-electron chi connectivity index (χ1n) is 6.14. The van der Waals surface area contributed by atoms with Gasteiger partial charge in [0.25, 0.3) is 0 Å². The molecule has 4 nitrogen and oxygen atoms in total. The van der Waals surface area contributed by atoms with E-state index in [-0.39, 0.29) is 0 Å². The average Bonchev–Trinajstić information content (AvgIpc) is 2.40. The minimum Gasteiger partial charge on any atom is -0.497 e. The van der Waals surface area contributed by atoms with Gasteiger partial charge in [0.1, 0.15) is 5.75 Å². The van der Waals surface area contributed by atoms with E-state index in [4.69, 9.17) is 9.94 Å². The number of nitrogens with zero attached hydrogens (tertiary/aromatic N) is 1. The molecule has 0 radical (unpaired) electrons. The van der Waals surface area contributed by atoms with E-state index in [1.54, 1.807) is 7.11 Å². The Morgan fingerprint density at radius 1 is 1.29 bits per heavy atom. The molecule has 2 rings (SSSR count). The molecule has 1 aromatic rings. The van der Waals surface area contributed by atoms with Gasteiger partial charge in [0.05, 0.1) is 7.11 Å². The van der Waals surface area contributed by atoms with Gasteiger partial charge >= 0.3 is 0 Å². The van der Waals surface area contributed by atoms with Crippen LogP contribution in [0.5, 0.6) is 5.75 Å². The van der Waals surface area contributed by atoms with Crippen molar-refractivity contribution in [1.29, 1.82) is 0 Å². The lowest BCUT2D eigenvalue weighted by Gasteiger charge is -2.30. The molecule has 1 heterocycles. The first-order chi connectivity index (χ1) is 8.35. The molecular weight excluding hydrogens is 216 g/mol. The summed E-state index contributed by atoms with van der Waals surface area (Å²) in [4.78, 5) is 2.38. The highest BCUT2D eigenvalue weighted by molar-refractivity contribution is 5.56. The zero-order chi connectivity index (χ0) is 12.1. The number of piperidine rings is 1. The van der Waals surface area contributed by atoms with Crippen molar-refractivity contribution in [3.8, 4) is 5.75 Å². The van der Waals surface area contributed by atoms with Crippen molar-refractivity contribution in [3.05, 3.63) is 23.8 Å². The lowest BCUT2D eigenvalue weighted by molar-refractivity contribution is 0.161. The molecule has 1 fully saturated rings. The lowest BCUT2D eigenvalue weighted by atomic mass is 10.1. The van der Waals surface area contributed by atoms with Crippen LogP contribution in [0.4, 0.5) is 5.69 Å². The Labute approximate surface area is 102 Å². The Balaban J connectivity index is 2.24. The summed E-state index contributed by atoms with van der Waals surface area (Å²) in [6, 6.07) is 6.04. The number of hydrogen-bond acceptors (Lipinski definition) is 4. The second-order valence-corrected chi connectivity index (χ2v) is 4.38. The number of anilines is 1. The van der Waals surface area contributed by atoms with E-state index in [0.717, 1.165) is 24.4 Å². The van der Waals surface area contributed by atoms with Gasteiger partial charge < -0.3 is 14.8 Å². The summed E-state index contributed by atoms with van der Waals surface area (Å²) < 4.78 is 5.22. The molecule has 0 atom stereocenters. The van der Waals surface area contributed by atoms with Crippen molar-refractivity contribution in [3.63, 3.8) is 0 Å². The van der Waals surface area contributed by atoms with Crippen molar-refractivity contribution < 1.29 is 9.94 Å². The van der Waals surface area contributed by atoms with Gasteiger partial charge in [-0.15, -0.1) is 0 Å². The summed E-state index contributed by atoms with van der Waals surface area (Å²) >= 11 is 0. The fourth-order valence-electron chi connectivity index (χ4n) is 2.36.